The van der Waals surface area contributed by atoms with Crippen molar-refractivity contribution in [2.24, 2.45) is 5.92 Å². The fraction of sp³-hybridized carbons (Fsp3) is 0.542. The van der Waals surface area contributed by atoms with Crippen LogP contribution in [0.3, 0.4) is 0 Å². The summed E-state index contributed by atoms with van der Waals surface area (Å²) in [4.78, 5) is 35.2. The number of hydrogen-bond donors (Lipinski definition) is 2. The van der Waals surface area contributed by atoms with Crippen LogP contribution >= 0.6 is 0 Å². The zero-order valence-electron chi connectivity index (χ0n) is 19.6. The lowest BCUT2D eigenvalue weighted by Crippen LogP contribution is -2.30. The summed E-state index contributed by atoms with van der Waals surface area (Å²) in [5.74, 6) is 0.729. The maximum atomic E-state index is 12.0. The minimum absolute atomic E-state index is 0.00543. The number of esters is 1. The molecule has 0 heterocycles. The first-order valence-electron chi connectivity index (χ1n) is 11.1. The second-order valence-corrected chi connectivity index (χ2v) is 7.66. The summed E-state index contributed by atoms with van der Waals surface area (Å²) < 4.78 is 15.3. The number of carbonyl (C=O) groups excluding carboxylic acids is 3. The number of rotatable bonds is 14. The van der Waals surface area contributed by atoms with Crippen LogP contribution in [0.5, 0.6) is 11.5 Å². The quantitative estimate of drug-likeness (QED) is 0.188. The van der Waals surface area contributed by atoms with E-state index in [1.165, 1.54) is 7.11 Å². The Morgan fingerprint density at radius 1 is 1.06 bits per heavy atom. The predicted molar refractivity (Wildman–Crippen MR) is 122 cm³/mol. The average Bonchev–Trinajstić information content (AvgIpc) is 2.75. The largest absolute Gasteiger partial charge is 0.493 e. The van der Waals surface area contributed by atoms with Crippen LogP contribution in [0.15, 0.2) is 30.4 Å². The molecule has 0 radical (unpaired) electrons. The van der Waals surface area contributed by atoms with E-state index in [9.17, 15) is 14.4 Å². The first kappa shape index (κ1) is 27.0. The molecule has 0 saturated heterocycles. The van der Waals surface area contributed by atoms with Gasteiger partial charge in [0.15, 0.2) is 18.2 Å². The summed E-state index contributed by atoms with van der Waals surface area (Å²) in [5.41, 5.74) is 0.816. The molecule has 0 fully saturated rings. The van der Waals surface area contributed by atoms with Crippen molar-refractivity contribution in [3.8, 4) is 11.5 Å². The molecule has 0 spiro atoms. The Morgan fingerprint density at radius 3 is 2.53 bits per heavy atom. The standard InChI is InChI=1S/C24H36N2O6/c1-5-10-23(28)31-17-26-24(29)32-20-14-13-19(15-21(20)30-4)16-25-22(27)12-9-7-6-8-11-18(2)3/h8,11,13-15,18H,5-7,9-10,12,16-17H2,1-4H3,(H,25,27)(H,26,29)/b11-8+. The zero-order chi connectivity index (χ0) is 23.8. The van der Waals surface area contributed by atoms with Crippen molar-refractivity contribution in [3.63, 3.8) is 0 Å². The Kier molecular flexibility index (Phi) is 13.3. The lowest BCUT2D eigenvalue weighted by Gasteiger charge is -2.12. The SMILES string of the molecule is CCCC(=O)OCNC(=O)Oc1ccc(CNC(=O)CCCC/C=C/C(C)C)cc1OC. The molecule has 1 aromatic carbocycles. The van der Waals surface area contributed by atoms with Crippen LogP contribution in [-0.2, 0) is 20.9 Å². The van der Waals surface area contributed by atoms with Gasteiger partial charge in [-0.05, 0) is 49.3 Å². The summed E-state index contributed by atoms with van der Waals surface area (Å²) in [6, 6.07) is 5.02. The molecule has 1 rings (SSSR count). The Bertz CT molecular complexity index is 761. The van der Waals surface area contributed by atoms with E-state index in [1.807, 2.05) is 6.92 Å². The van der Waals surface area contributed by atoms with E-state index in [-0.39, 0.29) is 30.8 Å². The van der Waals surface area contributed by atoms with E-state index >= 15 is 0 Å². The number of nitrogens with one attached hydrogen (secondary N) is 2. The molecule has 32 heavy (non-hydrogen) atoms. The minimum atomic E-state index is -0.767. The normalized spacial score (nSPS) is 10.8. The molecule has 2 amide bonds. The molecule has 178 valence electrons. The van der Waals surface area contributed by atoms with Crippen LogP contribution in [0.4, 0.5) is 4.79 Å². The molecule has 0 aliphatic carbocycles. The Morgan fingerprint density at radius 2 is 1.84 bits per heavy atom. The average molecular weight is 449 g/mol. The third-order valence-corrected chi connectivity index (χ3v) is 4.37. The molecule has 0 bridgehead atoms. The highest BCUT2D eigenvalue weighted by Gasteiger charge is 2.12. The summed E-state index contributed by atoms with van der Waals surface area (Å²) in [6.07, 6.45) is 7.82. The predicted octanol–water partition coefficient (Wildman–Crippen LogP) is 4.47. The number of carbonyl (C=O) groups is 3. The van der Waals surface area contributed by atoms with E-state index in [0.717, 1.165) is 24.8 Å². The lowest BCUT2D eigenvalue weighted by atomic mass is 10.1. The zero-order valence-corrected chi connectivity index (χ0v) is 19.6. The smallest absolute Gasteiger partial charge is 0.415 e. The minimum Gasteiger partial charge on any atom is -0.493 e. The van der Waals surface area contributed by atoms with Crippen molar-refractivity contribution in [2.75, 3.05) is 13.8 Å². The first-order valence-corrected chi connectivity index (χ1v) is 11.1. The second kappa shape index (κ2) is 15.7. The maximum Gasteiger partial charge on any atom is 0.415 e. The van der Waals surface area contributed by atoms with Crippen LogP contribution in [0.1, 0.15) is 64.9 Å². The van der Waals surface area contributed by atoms with E-state index in [0.29, 0.717) is 31.1 Å². The van der Waals surface area contributed by atoms with E-state index < -0.39 is 6.09 Å². The molecule has 1 aromatic rings. The van der Waals surface area contributed by atoms with Gasteiger partial charge < -0.3 is 19.5 Å². The van der Waals surface area contributed by atoms with E-state index in [1.54, 1.807) is 18.2 Å². The van der Waals surface area contributed by atoms with Crippen molar-refractivity contribution in [1.29, 1.82) is 0 Å². The number of amides is 2. The van der Waals surface area contributed by atoms with Gasteiger partial charge in [0.1, 0.15) is 0 Å². The van der Waals surface area contributed by atoms with Crippen molar-refractivity contribution < 1.29 is 28.6 Å². The van der Waals surface area contributed by atoms with Crippen LogP contribution in [-0.4, -0.2) is 31.8 Å². The van der Waals surface area contributed by atoms with Crippen LogP contribution in [0.25, 0.3) is 0 Å². The van der Waals surface area contributed by atoms with Crippen molar-refractivity contribution in [1.82, 2.24) is 10.6 Å². The third kappa shape index (κ3) is 12.0. The first-order chi connectivity index (χ1) is 15.3. The number of hydrogen-bond acceptors (Lipinski definition) is 6. The van der Waals surface area contributed by atoms with Gasteiger partial charge in [0.25, 0.3) is 0 Å². The molecule has 8 nitrogen and oxygen atoms in total. The van der Waals surface area contributed by atoms with Gasteiger partial charge in [0.05, 0.1) is 7.11 Å². The second-order valence-electron chi connectivity index (χ2n) is 7.66. The highest BCUT2D eigenvalue weighted by atomic mass is 16.6. The van der Waals surface area contributed by atoms with Crippen molar-refractivity contribution in [2.45, 2.75) is 65.8 Å². The lowest BCUT2D eigenvalue weighted by molar-refractivity contribution is -0.144. The van der Waals surface area contributed by atoms with Gasteiger partial charge in [-0.2, -0.15) is 0 Å². The number of ether oxygens (including phenoxy) is 3. The molecule has 0 aliphatic heterocycles. The van der Waals surface area contributed by atoms with Crippen molar-refractivity contribution >= 4 is 18.0 Å². The fourth-order valence-electron chi connectivity index (χ4n) is 2.70. The highest BCUT2D eigenvalue weighted by molar-refractivity contribution is 5.76. The summed E-state index contributed by atoms with van der Waals surface area (Å²) in [5, 5.41) is 5.23. The fourth-order valence-corrected chi connectivity index (χ4v) is 2.70. The van der Waals surface area contributed by atoms with Gasteiger partial charge in [-0.1, -0.05) is 39.0 Å². The number of allylic oxidation sites excluding steroid dienone is 2. The number of methoxy groups -OCH3 is 1. The van der Waals surface area contributed by atoms with Gasteiger partial charge >= 0.3 is 12.1 Å². The Balaban J connectivity index is 2.41. The number of unbranched alkanes of at least 4 members (excludes halogenated alkanes) is 2. The van der Waals surface area contributed by atoms with Gasteiger partial charge in [-0.3, -0.25) is 14.9 Å². The number of benzene rings is 1. The molecule has 0 aromatic heterocycles. The molecule has 0 atom stereocenters. The third-order valence-electron chi connectivity index (χ3n) is 4.37. The van der Waals surface area contributed by atoms with Gasteiger partial charge in [0.2, 0.25) is 5.91 Å². The molecule has 8 heteroatoms. The van der Waals surface area contributed by atoms with Crippen LogP contribution in [0, 0.1) is 5.92 Å². The van der Waals surface area contributed by atoms with Crippen LogP contribution in [0.2, 0.25) is 0 Å². The van der Waals surface area contributed by atoms with E-state index in [4.69, 9.17) is 14.2 Å². The van der Waals surface area contributed by atoms with Crippen LogP contribution < -0.4 is 20.1 Å². The van der Waals surface area contributed by atoms with Gasteiger partial charge in [-0.25, -0.2) is 4.79 Å². The molecular weight excluding hydrogens is 412 g/mol. The molecule has 0 saturated carbocycles. The summed E-state index contributed by atoms with van der Waals surface area (Å²) in [7, 11) is 1.46. The topological polar surface area (TPSA) is 103 Å². The Labute approximate surface area is 190 Å². The summed E-state index contributed by atoms with van der Waals surface area (Å²) in [6.45, 7) is 6.22. The highest BCUT2D eigenvalue weighted by Crippen LogP contribution is 2.28. The Hall–Kier alpha value is -3.03. The summed E-state index contributed by atoms with van der Waals surface area (Å²) >= 11 is 0. The monoisotopic (exact) mass is 448 g/mol. The molecular formula is C24H36N2O6. The molecule has 2 N–H and O–H groups in total. The molecule has 0 aliphatic rings. The van der Waals surface area contributed by atoms with E-state index in [2.05, 4.69) is 36.6 Å². The molecule has 0 unspecified atom stereocenters. The van der Waals surface area contributed by atoms with Crippen molar-refractivity contribution in [3.05, 3.63) is 35.9 Å². The van der Waals surface area contributed by atoms with Gasteiger partial charge in [0, 0.05) is 19.4 Å². The van der Waals surface area contributed by atoms with Gasteiger partial charge in [-0.15, -0.1) is 0 Å². The maximum absolute atomic E-state index is 12.0.